The van der Waals surface area contributed by atoms with Crippen LogP contribution in [0.2, 0.25) is 0 Å². The molecule has 2 N–H and O–H groups in total. The number of hydrogen-bond donors (Lipinski definition) is 2. The largest absolute Gasteiger partial charge is 0.573 e. The van der Waals surface area contributed by atoms with Crippen molar-refractivity contribution in [1.29, 1.82) is 0 Å². The van der Waals surface area contributed by atoms with Crippen molar-refractivity contribution in [1.82, 2.24) is 9.97 Å². The predicted molar refractivity (Wildman–Crippen MR) is 99.2 cm³/mol. The number of alkyl halides is 3. The lowest BCUT2D eigenvalue weighted by Gasteiger charge is -2.30. The molecule has 0 spiro atoms. The van der Waals surface area contributed by atoms with Crippen LogP contribution >= 0.6 is 0 Å². The number of nitrogens with zero attached hydrogens (tertiary/aromatic N) is 3. The zero-order valence-electron chi connectivity index (χ0n) is 15.7. The van der Waals surface area contributed by atoms with Crippen LogP contribution < -0.4 is 15.0 Å². The van der Waals surface area contributed by atoms with Crippen LogP contribution in [0.25, 0.3) is 0 Å². The van der Waals surface area contributed by atoms with E-state index in [0.29, 0.717) is 25.3 Å². The van der Waals surface area contributed by atoms with Gasteiger partial charge in [-0.25, -0.2) is 9.97 Å². The van der Waals surface area contributed by atoms with E-state index < -0.39 is 6.36 Å². The van der Waals surface area contributed by atoms with Gasteiger partial charge in [0.2, 0.25) is 0 Å². The molecule has 0 amide bonds. The molecule has 6 nitrogen and oxygen atoms in total. The Morgan fingerprint density at radius 2 is 2.00 bits per heavy atom. The highest BCUT2D eigenvalue weighted by Crippen LogP contribution is 2.29. The van der Waals surface area contributed by atoms with Crippen molar-refractivity contribution < 1.29 is 23.0 Å². The van der Waals surface area contributed by atoms with Crippen LogP contribution in [0.1, 0.15) is 25.0 Å². The first-order valence-corrected chi connectivity index (χ1v) is 9.07. The Bertz CT molecular complexity index is 814. The minimum absolute atomic E-state index is 0.00355. The van der Waals surface area contributed by atoms with Crippen LogP contribution in [0.3, 0.4) is 0 Å². The molecule has 152 valence electrons. The number of hydrogen-bond acceptors (Lipinski definition) is 6. The van der Waals surface area contributed by atoms with Gasteiger partial charge < -0.3 is 20.1 Å². The van der Waals surface area contributed by atoms with Gasteiger partial charge in [-0.15, -0.1) is 13.2 Å². The third-order valence-electron chi connectivity index (χ3n) is 4.73. The van der Waals surface area contributed by atoms with E-state index in [1.165, 1.54) is 18.5 Å². The number of aliphatic hydroxyl groups excluding tert-OH is 1. The van der Waals surface area contributed by atoms with Gasteiger partial charge >= 0.3 is 6.36 Å². The molecule has 1 aromatic heterocycles. The number of nitrogens with one attached hydrogen (secondary N) is 1. The number of halogens is 3. The van der Waals surface area contributed by atoms with E-state index >= 15 is 0 Å². The van der Waals surface area contributed by atoms with Crippen LogP contribution in [0.5, 0.6) is 5.75 Å². The molecule has 9 heteroatoms. The Morgan fingerprint density at radius 1 is 1.21 bits per heavy atom. The fourth-order valence-corrected chi connectivity index (χ4v) is 3.13. The van der Waals surface area contributed by atoms with Gasteiger partial charge in [0, 0.05) is 19.2 Å². The van der Waals surface area contributed by atoms with E-state index in [-0.39, 0.29) is 24.3 Å². The summed E-state index contributed by atoms with van der Waals surface area (Å²) < 4.78 is 41.2. The highest BCUT2D eigenvalue weighted by atomic mass is 19.4. The smallest absolute Gasteiger partial charge is 0.406 e. The molecule has 0 unspecified atom stereocenters. The summed E-state index contributed by atoms with van der Waals surface area (Å²) in [5, 5.41) is 12.7. The molecule has 28 heavy (non-hydrogen) atoms. The minimum Gasteiger partial charge on any atom is -0.406 e. The molecule has 3 rings (SSSR count). The van der Waals surface area contributed by atoms with Gasteiger partial charge in [0.1, 0.15) is 23.7 Å². The van der Waals surface area contributed by atoms with Crippen molar-refractivity contribution in [2.45, 2.75) is 39.2 Å². The van der Waals surface area contributed by atoms with E-state index in [2.05, 4.69) is 20.0 Å². The summed E-state index contributed by atoms with van der Waals surface area (Å²) in [5.74, 6) is 1.38. The van der Waals surface area contributed by atoms with Crippen molar-refractivity contribution >= 4 is 11.6 Å². The van der Waals surface area contributed by atoms with Crippen molar-refractivity contribution in [3.63, 3.8) is 0 Å². The molecule has 0 saturated heterocycles. The summed E-state index contributed by atoms with van der Waals surface area (Å²) in [6.45, 7) is 5.16. The molecule has 2 aromatic rings. The molecular weight excluding hydrogens is 373 g/mol. The number of aliphatic hydroxyl groups is 1. The second-order valence-electron chi connectivity index (χ2n) is 7.09. The Hall–Kier alpha value is -2.55. The summed E-state index contributed by atoms with van der Waals surface area (Å²) in [4.78, 5) is 10.6. The number of aromatic nitrogens is 2. The van der Waals surface area contributed by atoms with E-state index in [9.17, 15) is 18.3 Å². The third-order valence-corrected chi connectivity index (χ3v) is 4.73. The molecule has 1 atom stereocenters. The van der Waals surface area contributed by atoms with Crippen molar-refractivity contribution in [2.75, 3.05) is 23.4 Å². The monoisotopic (exact) mass is 396 g/mol. The number of ether oxygens (including phenoxy) is 1. The van der Waals surface area contributed by atoms with Gasteiger partial charge in [-0.1, -0.05) is 19.9 Å². The first kappa shape index (κ1) is 20.2. The standard InChI is InChI=1S/C19H23F3N4O2/c1-12(2)16(10-27)25-17-8-18(24-11-23-17)26-6-5-13-7-15(28-19(20,21)22)4-3-14(13)9-26/h3-4,7-8,11-12,16,27H,5-6,9-10H2,1-2H3,(H,23,24,25)/t16-/m0/s1. The van der Waals surface area contributed by atoms with Gasteiger partial charge in [0.15, 0.2) is 0 Å². The molecule has 2 heterocycles. The van der Waals surface area contributed by atoms with E-state index in [0.717, 1.165) is 16.9 Å². The molecule has 0 bridgehead atoms. The predicted octanol–water partition coefficient (Wildman–Crippen LogP) is 3.37. The average Bonchev–Trinajstić information content (AvgIpc) is 2.64. The molecule has 0 saturated carbocycles. The van der Waals surface area contributed by atoms with Crippen molar-refractivity contribution in [2.24, 2.45) is 5.92 Å². The lowest BCUT2D eigenvalue weighted by Crippen LogP contribution is -2.32. The fraction of sp³-hybridized carbons (Fsp3) is 0.474. The minimum atomic E-state index is -4.69. The second kappa shape index (κ2) is 8.22. The fourth-order valence-electron chi connectivity index (χ4n) is 3.13. The van der Waals surface area contributed by atoms with Gasteiger partial charge in [-0.05, 0) is 35.6 Å². The second-order valence-corrected chi connectivity index (χ2v) is 7.09. The molecular formula is C19H23F3N4O2. The quantitative estimate of drug-likeness (QED) is 0.780. The normalized spacial score (nSPS) is 15.3. The Labute approximate surface area is 161 Å². The molecule has 0 fully saturated rings. The van der Waals surface area contributed by atoms with Crippen LogP contribution in [0.15, 0.2) is 30.6 Å². The van der Waals surface area contributed by atoms with Crippen LogP contribution in [0, 0.1) is 5.92 Å². The molecule has 0 aliphatic carbocycles. The first-order valence-electron chi connectivity index (χ1n) is 9.07. The van der Waals surface area contributed by atoms with Crippen molar-refractivity contribution in [3.05, 3.63) is 41.7 Å². The summed E-state index contributed by atoms with van der Waals surface area (Å²) in [7, 11) is 0. The van der Waals surface area contributed by atoms with E-state index in [1.807, 2.05) is 24.8 Å². The summed E-state index contributed by atoms with van der Waals surface area (Å²) >= 11 is 0. The van der Waals surface area contributed by atoms with Crippen LogP contribution in [-0.4, -0.2) is 40.6 Å². The highest BCUT2D eigenvalue weighted by Gasteiger charge is 2.31. The average molecular weight is 396 g/mol. The van der Waals surface area contributed by atoms with E-state index in [1.54, 1.807) is 6.07 Å². The SMILES string of the molecule is CC(C)[C@H](CO)Nc1cc(N2CCc3cc(OC(F)(F)F)ccc3C2)ncn1. The molecule has 0 radical (unpaired) electrons. The van der Waals surface area contributed by atoms with Crippen molar-refractivity contribution in [3.8, 4) is 5.75 Å². The summed E-state index contributed by atoms with van der Waals surface area (Å²) in [6, 6.07) is 6.14. The number of fused-ring (bicyclic) bond motifs is 1. The maximum absolute atomic E-state index is 12.4. The Kier molecular flexibility index (Phi) is 5.93. The van der Waals surface area contributed by atoms with Gasteiger partial charge in [-0.3, -0.25) is 0 Å². The topological polar surface area (TPSA) is 70.5 Å². The first-order chi connectivity index (χ1) is 13.2. The molecule has 1 aliphatic rings. The highest BCUT2D eigenvalue weighted by molar-refractivity contribution is 5.51. The Morgan fingerprint density at radius 3 is 2.68 bits per heavy atom. The number of benzene rings is 1. The number of anilines is 2. The Balaban J connectivity index is 1.73. The zero-order valence-corrected chi connectivity index (χ0v) is 15.7. The number of rotatable bonds is 6. The molecule has 1 aliphatic heterocycles. The lowest BCUT2D eigenvalue weighted by atomic mass is 9.99. The van der Waals surface area contributed by atoms with Crippen LogP contribution in [0.4, 0.5) is 24.8 Å². The molecule has 1 aromatic carbocycles. The van der Waals surface area contributed by atoms with Gasteiger partial charge in [0.05, 0.1) is 12.6 Å². The zero-order chi connectivity index (χ0) is 20.3. The third kappa shape index (κ3) is 5.03. The van der Waals surface area contributed by atoms with Crippen LogP contribution in [-0.2, 0) is 13.0 Å². The maximum Gasteiger partial charge on any atom is 0.573 e. The maximum atomic E-state index is 12.4. The summed E-state index contributed by atoms with van der Waals surface area (Å²) in [5.41, 5.74) is 1.77. The lowest BCUT2D eigenvalue weighted by molar-refractivity contribution is -0.274. The van der Waals surface area contributed by atoms with E-state index in [4.69, 9.17) is 0 Å². The van der Waals surface area contributed by atoms with Gasteiger partial charge in [-0.2, -0.15) is 0 Å². The summed E-state index contributed by atoms with van der Waals surface area (Å²) in [6.07, 6.45) is -2.65. The van der Waals surface area contributed by atoms with Gasteiger partial charge in [0.25, 0.3) is 0 Å².